The van der Waals surface area contributed by atoms with Crippen LogP contribution in [0, 0.1) is 17.0 Å². The van der Waals surface area contributed by atoms with E-state index in [1.165, 1.54) is 0 Å². The molecule has 0 fully saturated rings. The van der Waals surface area contributed by atoms with Gasteiger partial charge in [-0.3, -0.25) is 10.1 Å². The first-order chi connectivity index (χ1) is 10.1. The van der Waals surface area contributed by atoms with Crippen LogP contribution in [0.15, 0.2) is 24.4 Å². The molecule has 21 heavy (non-hydrogen) atoms. The van der Waals surface area contributed by atoms with E-state index in [0.717, 1.165) is 16.3 Å². The van der Waals surface area contributed by atoms with E-state index in [0.29, 0.717) is 24.6 Å². The minimum absolute atomic E-state index is 0.0211. The smallest absolute Gasteiger partial charge is 0.333 e. The maximum Gasteiger partial charge on any atom is 0.333 e. The monoisotopic (exact) mass is 307 g/mol. The maximum atomic E-state index is 11.3. The summed E-state index contributed by atoms with van der Waals surface area (Å²) in [4.78, 5) is 16.1. The molecule has 6 nitrogen and oxygen atoms in total. The average molecular weight is 307 g/mol. The molecular formula is C14H17N3O3S. The van der Waals surface area contributed by atoms with Gasteiger partial charge < -0.3 is 10.1 Å². The van der Waals surface area contributed by atoms with Gasteiger partial charge in [-0.15, -0.1) is 11.3 Å². The molecular weight excluding hydrogens is 290 g/mol. The summed E-state index contributed by atoms with van der Waals surface area (Å²) in [6, 6.07) is 5.05. The number of nitro groups is 1. The van der Waals surface area contributed by atoms with E-state index in [1.54, 1.807) is 35.7 Å². The van der Waals surface area contributed by atoms with Gasteiger partial charge >= 0.3 is 5.69 Å². The first kappa shape index (κ1) is 15.2. The van der Waals surface area contributed by atoms with Crippen LogP contribution in [0.2, 0.25) is 0 Å². The highest BCUT2D eigenvalue weighted by atomic mass is 32.1. The van der Waals surface area contributed by atoms with E-state index in [2.05, 4.69) is 10.3 Å². The van der Waals surface area contributed by atoms with E-state index in [4.69, 9.17) is 4.74 Å². The summed E-state index contributed by atoms with van der Waals surface area (Å²) in [7, 11) is 0. The highest BCUT2D eigenvalue weighted by molar-refractivity contribution is 7.11. The molecule has 112 valence electrons. The minimum Gasteiger partial charge on any atom is -0.487 e. The van der Waals surface area contributed by atoms with Crippen molar-refractivity contribution >= 4 is 22.7 Å². The molecule has 0 radical (unpaired) electrons. The lowest BCUT2D eigenvalue weighted by atomic mass is 10.2. The molecule has 1 heterocycles. The van der Waals surface area contributed by atoms with E-state index < -0.39 is 4.92 Å². The van der Waals surface area contributed by atoms with Gasteiger partial charge in [-0.2, -0.15) is 0 Å². The lowest BCUT2D eigenvalue weighted by Crippen LogP contribution is -2.04. The SMILES string of the molecule is CCCOc1cccc(NCc2cnc(C)s2)c1[N+](=O)[O-]. The summed E-state index contributed by atoms with van der Waals surface area (Å²) in [6.07, 6.45) is 2.57. The van der Waals surface area contributed by atoms with E-state index in [9.17, 15) is 10.1 Å². The molecule has 1 aromatic heterocycles. The minimum atomic E-state index is -0.411. The van der Waals surface area contributed by atoms with Gasteiger partial charge in [0.2, 0.25) is 0 Å². The fourth-order valence-electron chi connectivity index (χ4n) is 1.85. The Kier molecular flexibility index (Phi) is 5.10. The molecule has 0 aliphatic rings. The Balaban J connectivity index is 2.19. The Hall–Kier alpha value is -2.15. The van der Waals surface area contributed by atoms with Crippen LogP contribution in [0.1, 0.15) is 23.2 Å². The fourth-order valence-corrected chi connectivity index (χ4v) is 2.59. The second-order valence-electron chi connectivity index (χ2n) is 4.46. The van der Waals surface area contributed by atoms with Crippen molar-refractivity contribution in [2.24, 2.45) is 0 Å². The predicted molar refractivity (Wildman–Crippen MR) is 83.1 cm³/mol. The van der Waals surface area contributed by atoms with Crippen LogP contribution in [0.4, 0.5) is 11.4 Å². The van der Waals surface area contributed by atoms with Gasteiger partial charge in [0, 0.05) is 11.1 Å². The Morgan fingerprint density at radius 1 is 1.48 bits per heavy atom. The van der Waals surface area contributed by atoms with Gasteiger partial charge in [-0.05, 0) is 25.5 Å². The first-order valence-corrected chi connectivity index (χ1v) is 7.49. The number of benzene rings is 1. The summed E-state index contributed by atoms with van der Waals surface area (Å²) >= 11 is 1.56. The number of rotatable bonds is 7. The van der Waals surface area contributed by atoms with E-state index in [-0.39, 0.29) is 5.69 Å². The molecule has 0 saturated heterocycles. The van der Waals surface area contributed by atoms with Crippen LogP contribution in [0.5, 0.6) is 5.75 Å². The molecule has 0 aliphatic heterocycles. The number of hydrogen-bond acceptors (Lipinski definition) is 6. The zero-order valence-corrected chi connectivity index (χ0v) is 12.8. The lowest BCUT2D eigenvalue weighted by Gasteiger charge is -2.10. The fraction of sp³-hybridized carbons (Fsp3) is 0.357. The number of ether oxygens (including phenoxy) is 1. The van der Waals surface area contributed by atoms with Crippen molar-refractivity contribution in [3.05, 3.63) is 44.4 Å². The van der Waals surface area contributed by atoms with Crippen molar-refractivity contribution in [2.75, 3.05) is 11.9 Å². The predicted octanol–water partition coefficient (Wildman–Crippen LogP) is 3.76. The Bertz CT molecular complexity index is 628. The second-order valence-corrected chi connectivity index (χ2v) is 5.78. The number of nitro benzene ring substituents is 1. The zero-order valence-electron chi connectivity index (χ0n) is 12.0. The summed E-state index contributed by atoms with van der Waals surface area (Å²) in [5.74, 6) is 0.298. The Morgan fingerprint density at radius 3 is 2.90 bits per heavy atom. The maximum absolute atomic E-state index is 11.3. The quantitative estimate of drug-likeness (QED) is 0.622. The number of thiazole rings is 1. The van der Waals surface area contributed by atoms with E-state index >= 15 is 0 Å². The van der Waals surface area contributed by atoms with Crippen molar-refractivity contribution in [3.8, 4) is 5.75 Å². The molecule has 0 saturated carbocycles. The number of anilines is 1. The molecule has 0 aliphatic carbocycles. The highest BCUT2D eigenvalue weighted by Gasteiger charge is 2.20. The molecule has 2 aromatic rings. The summed E-state index contributed by atoms with van der Waals surface area (Å²) in [5, 5.41) is 15.4. The average Bonchev–Trinajstić information content (AvgIpc) is 2.88. The number of aromatic nitrogens is 1. The van der Waals surface area contributed by atoms with Crippen molar-refractivity contribution in [1.29, 1.82) is 0 Å². The van der Waals surface area contributed by atoms with Gasteiger partial charge in [0.05, 0.1) is 23.1 Å². The summed E-state index contributed by atoms with van der Waals surface area (Å²) < 4.78 is 5.45. The molecule has 0 spiro atoms. The lowest BCUT2D eigenvalue weighted by molar-refractivity contribution is -0.385. The van der Waals surface area contributed by atoms with Crippen LogP contribution in [0.25, 0.3) is 0 Å². The Morgan fingerprint density at radius 2 is 2.29 bits per heavy atom. The Labute approximate surface area is 126 Å². The highest BCUT2D eigenvalue weighted by Crippen LogP contribution is 2.35. The van der Waals surface area contributed by atoms with E-state index in [1.807, 2.05) is 13.8 Å². The van der Waals surface area contributed by atoms with Crippen LogP contribution in [-0.2, 0) is 6.54 Å². The third kappa shape index (κ3) is 3.91. The van der Waals surface area contributed by atoms with Crippen LogP contribution < -0.4 is 10.1 Å². The van der Waals surface area contributed by atoms with Gasteiger partial charge in [-0.25, -0.2) is 4.98 Å². The molecule has 7 heteroatoms. The molecule has 0 amide bonds. The molecule has 1 aromatic carbocycles. The molecule has 0 bridgehead atoms. The zero-order chi connectivity index (χ0) is 15.2. The second kappa shape index (κ2) is 7.03. The molecule has 0 unspecified atom stereocenters. The summed E-state index contributed by atoms with van der Waals surface area (Å²) in [5.41, 5.74) is 0.437. The number of para-hydroxylation sites is 1. The third-order valence-electron chi connectivity index (χ3n) is 2.77. The van der Waals surface area contributed by atoms with Crippen molar-refractivity contribution in [3.63, 3.8) is 0 Å². The molecule has 1 N–H and O–H groups in total. The number of aryl methyl sites for hydroxylation is 1. The molecule has 0 atom stereocenters. The van der Waals surface area contributed by atoms with Crippen LogP contribution in [-0.4, -0.2) is 16.5 Å². The summed E-state index contributed by atoms with van der Waals surface area (Å²) in [6.45, 7) is 4.85. The largest absolute Gasteiger partial charge is 0.487 e. The third-order valence-corrected chi connectivity index (χ3v) is 3.68. The van der Waals surface area contributed by atoms with Crippen molar-refractivity contribution in [1.82, 2.24) is 4.98 Å². The van der Waals surface area contributed by atoms with Gasteiger partial charge in [0.1, 0.15) is 5.69 Å². The van der Waals surface area contributed by atoms with Crippen molar-refractivity contribution in [2.45, 2.75) is 26.8 Å². The van der Waals surface area contributed by atoms with Gasteiger partial charge in [0.25, 0.3) is 0 Å². The van der Waals surface area contributed by atoms with Crippen LogP contribution >= 0.6 is 11.3 Å². The van der Waals surface area contributed by atoms with Gasteiger partial charge in [-0.1, -0.05) is 13.0 Å². The first-order valence-electron chi connectivity index (χ1n) is 6.67. The van der Waals surface area contributed by atoms with Crippen LogP contribution in [0.3, 0.4) is 0 Å². The standard InChI is InChI=1S/C14H17N3O3S/c1-3-7-20-13-6-4-5-12(14(13)17(18)19)16-9-11-8-15-10(2)21-11/h4-6,8,16H,3,7,9H2,1-2H3. The molecule has 2 rings (SSSR count). The van der Waals surface area contributed by atoms with Crippen molar-refractivity contribution < 1.29 is 9.66 Å². The topological polar surface area (TPSA) is 77.3 Å². The normalized spacial score (nSPS) is 10.4. The number of hydrogen-bond donors (Lipinski definition) is 1. The van der Waals surface area contributed by atoms with Gasteiger partial charge in [0.15, 0.2) is 5.75 Å². The number of nitrogens with one attached hydrogen (secondary N) is 1. The number of nitrogens with zero attached hydrogens (tertiary/aromatic N) is 2.